The zero-order valence-corrected chi connectivity index (χ0v) is 44.0. The molecule has 0 radical (unpaired) electrons. The van der Waals surface area contributed by atoms with Crippen LogP contribution in [0, 0.1) is 17.6 Å². The van der Waals surface area contributed by atoms with Gasteiger partial charge in [-0.1, -0.05) is 13.0 Å². The van der Waals surface area contributed by atoms with Crippen LogP contribution < -0.4 is 89.1 Å². The van der Waals surface area contributed by atoms with Crippen molar-refractivity contribution in [2.45, 2.75) is 51.0 Å². The van der Waals surface area contributed by atoms with Gasteiger partial charge in [0.1, 0.15) is 54.7 Å². The van der Waals surface area contributed by atoms with Crippen LogP contribution >= 0.6 is 7.82 Å². The third-order valence-electron chi connectivity index (χ3n) is 11.5. The molecule has 0 bridgehead atoms. The number of piperazine rings is 1. The van der Waals surface area contributed by atoms with Crippen LogP contribution in [-0.4, -0.2) is 120 Å². The molecule has 20 nitrogen and oxygen atoms in total. The summed E-state index contributed by atoms with van der Waals surface area (Å²) in [6.07, 6.45) is 3.60. The summed E-state index contributed by atoms with van der Waals surface area (Å²) < 4.78 is 80.9. The van der Waals surface area contributed by atoms with Crippen LogP contribution in [0.1, 0.15) is 38.3 Å². The van der Waals surface area contributed by atoms with E-state index in [1.54, 1.807) is 17.9 Å². The summed E-state index contributed by atoms with van der Waals surface area (Å²) in [6, 6.07) is 18.6. The van der Waals surface area contributed by atoms with Gasteiger partial charge >= 0.3 is 71.0 Å². The number of ether oxygens (including phenoxy) is 6. The first-order valence-corrected chi connectivity index (χ1v) is 23.3. The molecule has 0 amide bonds. The molecule has 7 rings (SSSR count). The van der Waals surface area contributed by atoms with Gasteiger partial charge in [0.15, 0.2) is 0 Å². The molecular weight excluding hydrogens is 947 g/mol. The standard InChI is InChI=1S/C44H55F2N8O12P.2Na/c1-3-41(32(2)66-43(56)62-22-20-60-18-19-61-21-23-65-67(57,58)59)54-42(55)53(31-49-54)37-7-5-35(6-8-37)50-14-16-51(17-15-50)36-9-11-38(12-10-36)63-26-33-25-44(64-27-33,28-52-30-47-29-48-52)39-13-4-34(45)24-40(39)46;;/h4-13,24,29-33,41H,3,14-23,25-28H2,1-2H3,(H2,57,58,59);;/q;2*+1/p-2/t32-,33+,41-,44-;;/m0../s1. The van der Waals surface area contributed by atoms with Crippen molar-refractivity contribution in [1.29, 1.82) is 0 Å². The molecule has 69 heavy (non-hydrogen) atoms. The van der Waals surface area contributed by atoms with Crippen molar-refractivity contribution in [2.24, 2.45) is 5.92 Å². The number of carbonyl (C=O) groups is 1. The normalized spacial score (nSPS) is 18.0. The first kappa shape index (κ1) is 56.2. The smallest absolute Gasteiger partial charge is 0.790 e. The van der Waals surface area contributed by atoms with Crippen LogP contribution in [-0.2, 0) is 44.9 Å². The fourth-order valence-electron chi connectivity index (χ4n) is 8.20. The van der Waals surface area contributed by atoms with Crippen molar-refractivity contribution in [3.8, 4) is 11.4 Å². The average molecular weight is 1000 g/mol. The largest absolute Gasteiger partial charge is 1.00 e. The Kier molecular flexibility index (Phi) is 21.7. The minimum atomic E-state index is -5.03. The van der Waals surface area contributed by atoms with Crippen molar-refractivity contribution >= 4 is 25.4 Å². The van der Waals surface area contributed by atoms with Gasteiger partial charge in [-0.05, 0) is 74.4 Å². The topological polar surface area (TPSA) is 222 Å². The SMILES string of the molecule is CC[C@@H]([C@H](C)OC(=O)OCCOCCOCCOP(=O)([O-])[O-])n1ncn(-c2ccc(N3CCN(c4ccc(OC[C@@H]5CO[C@@](Cn6cncn6)(c6ccc(F)cc6F)C5)cc4)CC3)cc2)c1=O.[Na+].[Na+]. The second-order valence-corrected chi connectivity index (χ2v) is 17.2. The Balaban J connectivity index is 0.00000444. The number of carbonyl (C=O) groups excluding carboxylic acids is 1. The molecule has 0 aliphatic carbocycles. The molecule has 362 valence electrons. The van der Waals surface area contributed by atoms with Gasteiger partial charge in [0.2, 0.25) is 0 Å². The Bertz CT molecular complexity index is 2460. The fraction of sp³-hybridized carbons (Fsp3) is 0.477. The quantitative estimate of drug-likeness (QED) is 0.0289. The van der Waals surface area contributed by atoms with Crippen LogP contribution in [0.15, 0.2) is 90.5 Å². The number of anilines is 2. The van der Waals surface area contributed by atoms with Crippen molar-refractivity contribution in [3.05, 3.63) is 113 Å². The molecule has 2 saturated heterocycles. The van der Waals surface area contributed by atoms with Crippen LogP contribution in [0.3, 0.4) is 0 Å². The number of benzene rings is 3. The van der Waals surface area contributed by atoms with Gasteiger partial charge in [0.25, 0.3) is 0 Å². The van der Waals surface area contributed by atoms with Gasteiger partial charge in [-0.2, -0.15) is 10.2 Å². The van der Waals surface area contributed by atoms with Crippen LogP contribution in [0.4, 0.5) is 25.0 Å². The van der Waals surface area contributed by atoms with Gasteiger partial charge < -0.3 is 57.1 Å². The predicted octanol–water partition coefficient (Wildman–Crippen LogP) is -2.38. The monoisotopic (exact) mass is 1000 g/mol. The second-order valence-electron chi connectivity index (χ2n) is 16.0. The Morgan fingerprint density at radius 2 is 1.49 bits per heavy atom. The maximum atomic E-state index is 15.0. The predicted molar refractivity (Wildman–Crippen MR) is 233 cm³/mol. The molecule has 0 unspecified atom stereocenters. The summed E-state index contributed by atoms with van der Waals surface area (Å²) in [4.78, 5) is 55.3. The Hall–Kier alpha value is -3.74. The third-order valence-corrected chi connectivity index (χ3v) is 12.0. The molecule has 2 aliphatic rings. The minimum Gasteiger partial charge on any atom is -0.790 e. The number of nitrogens with zero attached hydrogens (tertiary/aromatic N) is 8. The number of rotatable bonds is 23. The summed E-state index contributed by atoms with van der Waals surface area (Å²) >= 11 is 0. The molecular formula is C44H53F2N8Na2O12P. The number of phosphoric ester groups is 1. The van der Waals surface area contributed by atoms with E-state index in [4.69, 9.17) is 28.4 Å². The van der Waals surface area contributed by atoms with E-state index in [0.717, 1.165) is 43.6 Å². The number of halogens is 2. The van der Waals surface area contributed by atoms with Crippen molar-refractivity contribution in [1.82, 2.24) is 29.1 Å². The fourth-order valence-corrected chi connectivity index (χ4v) is 8.50. The summed E-state index contributed by atoms with van der Waals surface area (Å²) in [7, 11) is -5.03. The molecule has 0 spiro atoms. The number of hydrogen-bond acceptors (Lipinski definition) is 17. The molecule has 0 saturated carbocycles. The van der Waals surface area contributed by atoms with Gasteiger partial charge in [-0.3, -0.25) is 0 Å². The number of phosphoric acid groups is 1. The Labute approximate surface area is 441 Å². The molecule has 25 heteroatoms. The summed E-state index contributed by atoms with van der Waals surface area (Å²) in [5, 5.41) is 8.52. The van der Waals surface area contributed by atoms with E-state index in [1.807, 2.05) is 55.5 Å². The van der Waals surface area contributed by atoms with Gasteiger partial charge in [-0.15, -0.1) is 0 Å². The minimum absolute atomic E-state index is 0. The van der Waals surface area contributed by atoms with E-state index in [0.29, 0.717) is 37.5 Å². The van der Waals surface area contributed by atoms with Gasteiger partial charge in [0, 0.05) is 55.1 Å². The van der Waals surface area contributed by atoms with E-state index in [1.165, 1.54) is 34.0 Å². The average Bonchev–Trinajstić information content (AvgIpc) is 4.08. The zero-order chi connectivity index (χ0) is 47.4. The van der Waals surface area contributed by atoms with Gasteiger partial charge in [0.05, 0.1) is 72.3 Å². The second kappa shape index (κ2) is 26.6. The van der Waals surface area contributed by atoms with E-state index in [9.17, 15) is 28.3 Å². The molecule has 2 fully saturated rings. The van der Waals surface area contributed by atoms with Crippen LogP contribution in [0.25, 0.3) is 5.69 Å². The summed E-state index contributed by atoms with van der Waals surface area (Å²) in [5.74, 6) is -0.667. The molecule has 0 N–H and O–H groups in total. The van der Waals surface area contributed by atoms with Gasteiger partial charge in [-0.25, -0.2) is 37.3 Å². The first-order valence-electron chi connectivity index (χ1n) is 21.9. The van der Waals surface area contributed by atoms with Crippen molar-refractivity contribution < 1.29 is 120 Å². The molecule has 3 aromatic carbocycles. The maximum Gasteiger partial charge on any atom is 1.00 e. The first-order chi connectivity index (χ1) is 32.3. The molecule has 4 heterocycles. The summed E-state index contributed by atoms with van der Waals surface area (Å²) in [6.45, 7) is 7.25. The molecule has 4 atom stereocenters. The Morgan fingerprint density at radius 1 is 0.870 bits per heavy atom. The van der Waals surface area contributed by atoms with E-state index < -0.39 is 49.0 Å². The van der Waals surface area contributed by atoms with E-state index >= 15 is 4.39 Å². The van der Waals surface area contributed by atoms with Crippen molar-refractivity contribution in [2.75, 3.05) is 88.8 Å². The molecule has 2 aliphatic heterocycles. The number of hydrogen-bond donors (Lipinski definition) is 0. The molecule has 5 aromatic rings. The van der Waals surface area contributed by atoms with E-state index in [-0.39, 0.29) is 117 Å². The summed E-state index contributed by atoms with van der Waals surface area (Å²) in [5.41, 5.74) is 1.55. The van der Waals surface area contributed by atoms with E-state index in [2.05, 4.69) is 29.5 Å². The third kappa shape index (κ3) is 15.6. The molecule has 2 aromatic heterocycles. The zero-order valence-electron chi connectivity index (χ0n) is 39.1. The van der Waals surface area contributed by atoms with Crippen LogP contribution in [0.5, 0.6) is 5.75 Å². The maximum absolute atomic E-state index is 15.0. The van der Waals surface area contributed by atoms with Crippen LogP contribution in [0.2, 0.25) is 0 Å². The Morgan fingerprint density at radius 3 is 2.10 bits per heavy atom. The van der Waals surface area contributed by atoms with Crippen molar-refractivity contribution in [3.63, 3.8) is 0 Å². The number of aromatic nitrogens is 6.